The Kier molecular flexibility index (Phi) is 6.60. The van der Waals surface area contributed by atoms with E-state index in [2.05, 4.69) is 24.3 Å². The van der Waals surface area contributed by atoms with E-state index in [0.717, 1.165) is 11.3 Å². The molecule has 0 saturated carbocycles. The van der Waals surface area contributed by atoms with E-state index in [1.165, 1.54) is 6.92 Å². The number of rotatable bonds is 7. The van der Waals surface area contributed by atoms with Crippen LogP contribution in [0.25, 0.3) is 0 Å². The highest BCUT2D eigenvalue weighted by Gasteiger charge is 2.21. The fraction of sp³-hybridized carbons (Fsp3) is 0.450. The van der Waals surface area contributed by atoms with Gasteiger partial charge in [0.25, 0.3) is 5.91 Å². The monoisotopic (exact) mass is 373 g/mol. The molecule has 0 fully saturated rings. The molecular formula is C20H27N3O4. The minimum absolute atomic E-state index is 0.258. The van der Waals surface area contributed by atoms with Crippen molar-refractivity contribution in [2.24, 2.45) is 7.05 Å². The van der Waals surface area contributed by atoms with Crippen LogP contribution >= 0.6 is 0 Å². The number of anilines is 1. The SMILES string of the molecule is Cc1nn(C)c(C)c1NC(=O)[C@@H](C)OC(=O)COc1ccccc1C(C)C. The van der Waals surface area contributed by atoms with E-state index >= 15 is 0 Å². The van der Waals surface area contributed by atoms with E-state index in [9.17, 15) is 9.59 Å². The fourth-order valence-corrected chi connectivity index (χ4v) is 2.69. The zero-order chi connectivity index (χ0) is 20.1. The van der Waals surface area contributed by atoms with Gasteiger partial charge in [-0.2, -0.15) is 5.10 Å². The maximum absolute atomic E-state index is 12.3. The summed E-state index contributed by atoms with van der Waals surface area (Å²) in [6.07, 6.45) is -0.944. The van der Waals surface area contributed by atoms with Crippen LogP contribution in [0.5, 0.6) is 5.75 Å². The number of hydrogen-bond donors (Lipinski definition) is 1. The summed E-state index contributed by atoms with van der Waals surface area (Å²) in [6.45, 7) is 9.03. The molecule has 0 aliphatic rings. The van der Waals surface area contributed by atoms with Crippen molar-refractivity contribution in [3.63, 3.8) is 0 Å². The van der Waals surface area contributed by atoms with E-state index in [1.807, 2.05) is 31.2 Å². The summed E-state index contributed by atoms with van der Waals surface area (Å²) in [5.74, 6) is -0.1000. The summed E-state index contributed by atoms with van der Waals surface area (Å²) in [5, 5.41) is 7.01. The molecule has 0 radical (unpaired) electrons. The van der Waals surface area contributed by atoms with E-state index in [-0.39, 0.29) is 12.5 Å². The summed E-state index contributed by atoms with van der Waals surface area (Å²) >= 11 is 0. The largest absolute Gasteiger partial charge is 0.482 e. The van der Waals surface area contributed by atoms with Crippen molar-refractivity contribution in [2.75, 3.05) is 11.9 Å². The minimum atomic E-state index is -0.944. The zero-order valence-electron chi connectivity index (χ0n) is 16.7. The van der Waals surface area contributed by atoms with Crippen LogP contribution in [0.3, 0.4) is 0 Å². The highest BCUT2D eigenvalue weighted by atomic mass is 16.6. The first kappa shape index (κ1) is 20.5. The second-order valence-corrected chi connectivity index (χ2v) is 6.77. The van der Waals surface area contributed by atoms with Gasteiger partial charge in [-0.1, -0.05) is 32.0 Å². The molecule has 1 aromatic heterocycles. The van der Waals surface area contributed by atoms with Crippen molar-refractivity contribution in [1.29, 1.82) is 0 Å². The molecule has 0 saturated heterocycles. The number of benzene rings is 1. The number of para-hydroxylation sites is 1. The average molecular weight is 373 g/mol. The molecule has 7 nitrogen and oxygen atoms in total. The predicted molar refractivity (Wildman–Crippen MR) is 103 cm³/mol. The number of aryl methyl sites for hydroxylation is 2. The molecule has 0 aliphatic carbocycles. The molecule has 27 heavy (non-hydrogen) atoms. The van der Waals surface area contributed by atoms with Gasteiger partial charge in [0.1, 0.15) is 5.75 Å². The molecule has 0 bridgehead atoms. The quantitative estimate of drug-likeness (QED) is 0.754. The van der Waals surface area contributed by atoms with Gasteiger partial charge >= 0.3 is 5.97 Å². The van der Waals surface area contributed by atoms with Crippen LogP contribution in [0.1, 0.15) is 43.6 Å². The maximum Gasteiger partial charge on any atom is 0.344 e. The average Bonchev–Trinajstić information content (AvgIpc) is 2.86. The molecule has 1 amide bonds. The van der Waals surface area contributed by atoms with Crippen LogP contribution in [-0.2, 0) is 21.4 Å². The smallest absolute Gasteiger partial charge is 0.344 e. The summed E-state index contributed by atoms with van der Waals surface area (Å²) in [4.78, 5) is 24.4. The molecule has 146 valence electrons. The Hall–Kier alpha value is -2.83. The Balaban J connectivity index is 1.91. The van der Waals surface area contributed by atoms with Crippen LogP contribution in [-0.4, -0.2) is 34.4 Å². The van der Waals surface area contributed by atoms with Gasteiger partial charge in [-0.15, -0.1) is 0 Å². The van der Waals surface area contributed by atoms with Gasteiger partial charge in [0.2, 0.25) is 0 Å². The third kappa shape index (κ3) is 5.09. The number of esters is 1. The molecule has 1 heterocycles. The molecule has 1 N–H and O–H groups in total. The van der Waals surface area contributed by atoms with Gasteiger partial charge in [0.05, 0.1) is 17.1 Å². The topological polar surface area (TPSA) is 82.5 Å². The lowest BCUT2D eigenvalue weighted by molar-refractivity contribution is -0.155. The predicted octanol–water partition coefficient (Wildman–Crippen LogP) is 3.11. The van der Waals surface area contributed by atoms with Crippen molar-refractivity contribution < 1.29 is 19.1 Å². The second-order valence-electron chi connectivity index (χ2n) is 6.77. The molecule has 0 aliphatic heterocycles. The van der Waals surface area contributed by atoms with E-state index in [1.54, 1.807) is 18.7 Å². The Labute approximate surface area is 159 Å². The Bertz CT molecular complexity index is 827. The lowest BCUT2D eigenvalue weighted by Gasteiger charge is -2.16. The fourth-order valence-electron chi connectivity index (χ4n) is 2.69. The molecule has 2 rings (SSSR count). The number of amides is 1. The van der Waals surface area contributed by atoms with Gasteiger partial charge in [-0.3, -0.25) is 9.48 Å². The van der Waals surface area contributed by atoms with Gasteiger partial charge in [0, 0.05) is 7.05 Å². The number of ether oxygens (including phenoxy) is 2. The number of aromatic nitrogens is 2. The number of carbonyl (C=O) groups is 2. The van der Waals surface area contributed by atoms with Gasteiger partial charge in [-0.25, -0.2) is 4.79 Å². The Morgan fingerprint density at radius 2 is 1.85 bits per heavy atom. The van der Waals surface area contributed by atoms with Gasteiger partial charge in [0.15, 0.2) is 12.7 Å². The molecule has 0 spiro atoms. The molecule has 2 aromatic rings. The summed E-state index contributed by atoms with van der Waals surface area (Å²) < 4.78 is 12.5. The number of carbonyl (C=O) groups excluding carboxylic acids is 2. The lowest BCUT2D eigenvalue weighted by Crippen LogP contribution is -2.32. The normalized spacial score (nSPS) is 12.0. The third-order valence-electron chi connectivity index (χ3n) is 4.32. The Morgan fingerprint density at radius 3 is 2.44 bits per heavy atom. The summed E-state index contributed by atoms with van der Waals surface area (Å²) in [6, 6.07) is 7.54. The van der Waals surface area contributed by atoms with Crippen LogP contribution < -0.4 is 10.1 Å². The van der Waals surface area contributed by atoms with Crippen LogP contribution in [0.4, 0.5) is 5.69 Å². The first-order valence-electron chi connectivity index (χ1n) is 8.93. The van der Waals surface area contributed by atoms with Crippen molar-refractivity contribution in [2.45, 2.75) is 46.6 Å². The molecule has 0 unspecified atom stereocenters. The van der Waals surface area contributed by atoms with Crippen molar-refractivity contribution >= 4 is 17.6 Å². The molecule has 1 aromatic carbocycles. The second kappa shape index (κ2) is 8.70. The first-order valence-corrected chi connectivity index (χ1v) is 8.93. The molecular weight excluding hydrogens is 346 g/mol. The summed E-state index contributed by atoms with van der Waals surface area (Å²) in [7, 11) is 1.80. The lowest BCUT2D eigenvalue weighted by atomic mass is 10.0. The van der Waals surface area contributed by atoms with Crippen LogP contribution in [0.15, 0.2) is 24.3 Å². The third-order valence-corrected chi connectivity index (χ3v) is 4.32. The van der Waals surface area contributed by atoms with Gasteiger partial charge < -0.3 is 14.8 Å². The van der Waals surface area contributed by atoms with E-state index in [0.29, 0.717) is 17.1 Å². The minimum Gasteiger partial charge on any atom is -0.482 e. The van der Waals surface area contributed by atoms with Crippen molar-refractivity contribution in [3.8, 4) is 5.75 Å². The van der Waals surface area contributed by atoms with Crippen LogP contribution in [0.2, 0.25) is 0 Å². The van der Waals surface area contributed by atoms with Crippen molar-refractivity contribution in [3.05, 3.63) is 41.2 Å². The zero-order valence-corrected chi connectivity index (χ0v) is 16.7. The van der Waals surface area contributed by atoms with Crippen LogP contribution in [0, 0.1) is 13.8 Å². The number of nitrogens with zero attached hydrogens (tertiary/aromatic N) is 2. The van der Waals surface area contributed by atoms with E-state index in [4.69, 9.17) is 9.47 Å². The number of hydrogen-bond acceptors (Lipinski definition) is 5. The highest BCUT2D eigenvalue weighted by molar-refractivity contribution is 5.96. The molecule has 7 heteroatoms. The highest BCUT2D eigenvalue weighted by Crippen LogP contribution is 2.25. The molecule has 1 atom stereocenters. The van der Waals surface area contributed by atoms with Gasteiger partial charge in [-0.05, 0) is 38.3 Å². The maximum atomic E-state index is 12.3. The van der Waals surface area contributed by atoms with Crippen molar-refractivity contribution in [1.82, 2.24) is 9.78 Å². The Morgan fingerprint density at radius 1 is 1.19 bits per heavy atom. The van der Waals surface area contributed by atoms with E-state index < -0.39 is 18.0 Å². The summed E-state index contributed by atoms with van der Waals surface area (Å²) in [5.41, 5.74) is 3.18. The standard InChI is InChI=1S/C20H27N3O4/c1-12(2)16-9-7-8-10-17(16)26-11-18(24)27-15(5)20(25)21-19-13(3)22-23(6)14(19)4/h7-10,12,15H,11H2,1-6H3,(H,21,25)/t15-/m1/s1. The number of nitrogens with one attached hydrogen (secondary N) is 1. The first-order chi connectivity index (χ1) is 12.7.